The van der Waals surface area contributed by atoms with Gasteiger partial charge in [0.1, 0.15) is 0 Å². The van der Waals surface area contributed by atoms with Gasteiger partial charge in [-0.1, -0.05) is 6.07 Å². The number of likely N-dealkylation sites (tertiary alicyclic amines) is 1. The normalized spacial score (nSPS) is 26.1. The Balaban J connectivity index is 2.07. The first-order valence-electron chi connectivity index (χ1n) is 8.41. The highest BCUT2D eigenvalue weighted by atomic mass is 32.2. The molecular formula is C19H29NOS. The van der Waals surface area contributed by atoms with Crippen LogP contribution in [0.4, 0.5) is 0 Å². The van der Waals surface area contributed by atoms with Crippen LogP contribution in [0.3, 0.4) is 0 Å². The van der Waals surface area contributed by atoms with Crippen LogP contribution in [0.1, 0.15) is 69.5 Å². The van der Waals surface area contributed by atoms with Crippen molar-refractivity contribution in [3.05, 3.63) is 29.3 Å². The number of hydrogen-bond acceptors (Lipinski definition) is 2. The zero-order valence-electron chi connectivity index (χ0n) is 14.4. The monoisotopic (exact) mass is 319 g/mol. The molecule has 0 amide bonds. The summed E-state index contributed by atoms with van der Waals surface area (Å²) in [6.07, 6.45) is 6.82. The average Bonchev–Trinajstić information content (AvgIpc) is 3.12. The van der Waals surface area contributed by atoms with E-state index in [0.29, 0.717) is 6.04 Å². The van der Waals surface area contributed by atoms with Crippen molar-refractivity contribution >= 4 is 15.4 Å². The second-order valence-corrected chi connectivity index (χ2v) is 10.6. The quantitative estimate of drug-likeness (QED) is 0.778. The van der Waals surface area contributed by atoms with E-state index in [0.717, 1.165) is 17.4 Å². The highest BCUT2D eigenvalue weighted by molar-refractivity contribution is 7.99. The average molecular weight is 320 g/mol. The maximum Gasteiger partial charge on any atom is 0.0357 e. The number of rotatable bonds is 3. The molecule has 2 nitrogen and oxygen atoms in total. The van der Waals surface area contributed by atoms with Crippen molar-refractivity contribution in [1.29, 1.82) is 0 Å². The molecule has 1 aromatic carbocycles. The topological polar surface area (TPSA) is 20.3 Å². The van der Waals surface area contributed by atoms with Gasteiger partial charge in [-0.2, -0.15) is 0 Å². The summed E-state index contributed by atoms with van der Waals surface area (Å²) in [5, 5.41) is 0. The Morgan fingerprint density at radius 3 is 2.41 bits per heavy atom. The van der Waals surface area contributed by atoms with Gasteiger partial charge in [-0.15, -0.1) is 0 Å². The Hall–Kier alpha value is -0.800. The SMILES string of the molecule is C=S(C)(=O)c1ccc(C2CC2)c(C2CCCN2C(C)(C)C)c1. The van der Waals surface area contributed by atoms with E-state index in [1.807, 2.05) is 6.07 Å². The van der Waals surface area contributed by atoms with E-state index < -0.39 is 9.52 Å². The van der Waals surface area contributed by atoms with E-state index in [-0.39, 0.29) is 5.54 Å². The Morgan fingerprint density at radius 1 is 1.18 bits per heavy atom. The van der Waals surface area contributed by atoms with Crippen molar-refractivity contribution in [2.75, 3.05) is 12.8 Å². The van der Waals surface area contributed by atoms with Gasteiger partial charge in [0.25, 0.3) is 0 Å². The predicted octanol–water partition coefficient (Wildman–Crippen LogP) is 4.20. The molecule has 0 aromatic heterocycles. The molecule has 2 fully saturated rings. The zero-order chi connectivity index (χ0) is 16.1. The molecule has 2 atom stereocenters. The molecule has 22 heavy (non-hydrogen) atoms. The summed E-state index contributed by atoms with van der Waals surface area (Å²) in [6, 6.07) is 6.95. The molecule has 3 heteroatoms. The Bertz CT molecular complexity index is 665. The first kappa shape index (κ1) is 16.1. The van der Waals surface area contributed by atoms with Crippen LogP contribution in [0.2, 0.25) is 0 Å². The smallest absolute Gasteiger partial charge is 0.0357 e. The lowest BCUT2D eigenvalue weighted by atomic mass is 9.93. The van der Waals surface area contributed by atoms with Gasteiger partial charge in [-0.05, 0) is 97.6 Å². The number of nitrogens with zero attached hydrogens (tertiary/aromatic N) is 1. The summed E-state index contributed by atoms with van der Waals surface area (Å²) in [6.45, 7) is 8.07. The van der Waals surface area contributed by atoms with Gasteiger partial charge in [0.2, 0.25) is 0 Å². The van der Waals surface area contributed by atoms with Gasteiger partial charge >= 0.3 is 0 Å². The van der Waals surface area contributed by atoms with Crippen molar-refractivity contribution in [3.8, 4) is 0 Å². The minimum absolute atomic E-state index is 0.177. The second kappa shape index (κ2) is 5.38. The van der Waals surface area contributed by atoms with Gasteiger partial charge in [-0.3, -0.25) is 9.11 Å². The molecule has 0 bridgehead atoms. The molecule has 0 spiro atoms. The van der Waals surface area contributed by atoms with Gasteiger partial charge < -0.3 is 0 Å². The number of benzene rings is 1. The van der Waals surface area contributed by atoms with E-state index in [2.05, 4.69) is 43.7 Å². The first-order chi connectivity index (χ1) is 10.2. The van der Waals surface area contributed by atoms with Gasteiger partial charge in [0, 0.05) is 22.7 Å². The molecular weight excluding hydrogens is 290 g/mol. The van der Waals surface area contributed by atoms with Crippen molar-refractivity contribution in [2.45, 2.75) is 68.8 Å². The fourth-order valence-electron chi connectivity index (χ4n) is 3.77. The van der Waals surface area contributed by atoms with Crippen LogP contribution >= 0.6 is 0 Å². The Morgan fingerprint density at radius 2 is 1.86 bits per heavy atom. The van der Waals surface area contributed by atoms with E-state index in [1.54, 1.807) is 6.26 Å². The van der Waals surface area contributed by atoms with Crippen LogP contribution < -0.4 is 0 Å². The largest absolute Gasteiger partial charge is 0.291 e. The molecule has 1 heterocycles. The van der Waals surface area contributed by atoms with Crippen LogP contribution in [0.5, 0.6) is 0 Å². The molecule has 2 unspecified atom stereocenters. The standard InChI is InChI=1S/C19H29NOS/c1-19(2,3)20-12-6-7-18(20)17-13-15(22(4,5)21)10-11-16(17)14-8-9-14/h10-11,13-14,18H,4,6-9,12H2,1-3,5H3. The molecule has 0 radical (unpaired) electrons. The minimum Gasteiger partial charge on any atom is -0.291 e. The second-order valence-electron chi connectivity index (χ2n) is 8.09. The van der Waals surface area contributed by atoms with E-state index in [1.165, 1.54) is 36.8 Å². The summed E-state index contributed by atoms with van der Waals surface area (Å²) in [5.41, 5.74) is 3.09. The molecule has 1 aliphatic carbocycles. The van der Waals surface area contributed by atoms with Crippen molar-refractivity contribution in [3.63, 3.8) is 0 Å². The lowest BCUT2D eigenvalue weighted by Gasteiger charge is -2.38. The Kier molecular flexibility index (Phi) is 3.93. The van der Waals surface area contributed by atoms with E-state index in [9.17, 15) is 4.21 Å². The molecule has 1 saturated carbocycles. The van der Waals surface area contributed by atoms with Crippen LogP contribution in [-0.2, 0) is 9.52 Å². The Labute approximate surface area is 135 Å². The lowest BCUT2D eigenvalue weighted by molar-refractivity contribution is 0.121. The van der Waals surface area contributed by atoms with Crippen LogP contribution in [0.15, 0.2) is 23.1 Å². The highest BCUT2D eigenvalue weighted by Gasteiger charge is 2.37. The van der Waals surface area contributed by atoms with Gasteiger partial charge in [-0.25, -0.2) is 0 Å². The first-order valence-corrected chi connectivity index (χ1v) is 10.5. The summed E-state index contributed by atoms with van der Waals surface area (Å²) < 4.78 is 12.4. The van der Waals surface area contributed by atoms with Crippen molar-refractivity contribution in [1.82, 2.24) is 4.90 Å². The highest BCUT2D eigenvalue weighted by Crippen LogP contribution is 2.47. The fraction of sp³-hybridized carbons (Fsp3) is 0.632. The number of hydrogen-bond donors (Lipinski definition) is 0. The zero-order valence-corrected chi connectivity index (χ0v) is 15.2. The van der Waals surface area contributed by atoms with E-state index in [4.69, 9.17) is 0 Å². The lowest BCUT2D eigenvalue weighted by Crippen LogP contribution is -2.40. The summed E-state index contributed by atoms with van der Waals surface area (Å²) in [5.74, 6) is 4.61. The van der Waals surface area contributed by atoms with Crippen molar-refractivity contribution in [2.24, 2.45) is 0 Å². The molecule has 1 aromatic rings. The molecule has 1 saturated heterocycles. The van der Waals surface area contributed by atoms with Crippen LogP contribution in [-0.4, -0.2) is 33.3 Å². The third kappa shape index (κ3) is 3.11. The molecule has 122 valence electrons. The molecule has 0 N–H and O–H groups in total. The van der Waals surface area contributed by atoms with Crippen LogP contribution in [0, 0.1) is 0 Å². The summed E-state index contributed by atoms with van der Waals surface area (Å²) in [7, 11) is -2.15. The molecule has 2 aliphatic rings. The fourth-order valence-corrected chi connectivity index (χ4v) is 4.50. The minimum atomic E-state index is -2.15. The maximum atomic E-state index is 12.4. The van der Waals surface area contributed by atoms with Crippen LogP contribution in [0.25, 0.3) is 0 Å². The third-order valence-corrected chi connectivity index (χ3v) is 6.30. The molecule has 3 rings (SSSR count). The third-order valence-electron chi connectivity index (χ3n) is 5.05. The van der Waals surface area contributed by atoms with Gasteiger partial charge in [0.05, 0.1) is 0 Å². The van der Waals surface area contributed by atoms with E-state index >= 15 is 0 Å². The molecule has 1 aliphatic heterocycles. The summed E-state index contributed by atoms with van der Waals surface area (Å²) in [4.78, 5) is 3.53. The predicted molar refractivity (Wildman–Crippen MR) is 96.3 cm³/mol. The summed E-state index contributed by atoms with van der Waals surface area (Å²) >= 11 is 0. The van der Waals surface area contributed by atoms with Crippen molar-refractivity contribution < 1.29 is 4.21 Å². The van der Waals surface area contributed by atoms with Gasteiger partial charge in [0.15, 0.2) is 0 Å². The maximum absolute atomic E-state index is 12.4.